The van der Waals surface area contributed by atoms with Gasteiger partial charge in [0.05, 0.1) is 12.1 Å². The van der Waals surface area contributed by atoms with Gasteiger partial charge < -0.3 is 10.2 Å². The quantitative estimate of drug-likeness (QED) is 0.859. The van der Waals surface area contributed by atoms with Crippen LogP contribution < -0.4 is 5.32 Å². The highest BCUT2D eigenvalue weighted by Crippen LogP contribution is 2.33. The molecule has 7 heteroatoms. The van der Waals surface area contributed by atoms with Gasteiger partial charge in [0.15, 0.2) is 0 Å². The van der Waals surface area contributed by atoms with Crippen LogP contribution in [0.25, 0.3) is 0 Å². The first-order valence-electron chi connectivity index (χ1n) is 9.05. The summed E-state index contributed by atoms with van der Waals surface area (Å²) in [6, 6.07) is 10.1. The maximum absolute atomic E-state index is 13.0. The average molecular weight is 395 g/mol. The molecule has 2 fully saturated rings. The monoisotopic (exact) mass is 394 g/mol. The van der Waals surface area contributed by atoms with Crippen LogP contribution in [0.3, 0.4) is 0 Å². The van der Waals surface area contributed by atoms with Gasteiger partial charge in [0.25, 0.3) is 5.91 Å². The van der Waals surface area contributed by atoms with Crippen molar-refractivity contribution in [2.75, 3.05) is 19.6 Å². The predicted octanol–water partition coefficient (Wildman–Crippen LogP) is 3.86. The summed E-state index contributed by atoms with van der Waals surface area (Å²) in [5.74, 6) is 0.0277. The number of piperidine rings is 1. The van der Waals surface area contributed by atoms with Gasteiger partial charge in [-0.25, -0.2) is 0 Å². The van der Waals surface area contributed by atoms with Crippen molar-refractivity contribution in [3.63, 3.8) is 0 Å². The van der Waals surface area contributed by atoms with Gasteiger partial charge in [0, 0.05) is 24.3 Å². The van der Waals surface area contributed by atoms with Crippen LogP contribution in [-0.4, -0.2) is 40.2 Å². The van der Waals surface area contributed by atoms with Crippen molar-refractivity contribution in [2.45, 2.75) is 37.8 Å². The Kier molecular flexibility index (Phi) is 6.22. The standard InChI is InChI=1S/C19H23ClN4O.ClH/c20-15-7-5-14(6-8-15)18-4-2-11-23(18)19(25)17-9-12-24(22-17)16-3-1-10-21-13-16;/h5-9,12,16,18,21H,1-4,10-11,13H2;1H. The third kappa shape index (κ3) is 3.90. The molecule has 4 rings (SSSR count). The van der Waals surface area contributed by atoms with E-state index in [4.69, 9.17) is 11.6 Å². The van der Waals surface area contributed by atoms with E-state index in [1.807, 2.05) is 46.1 Å². The summed E-state index contributed by atoms with van der Waals surface area (Å²) in [7, 11) is 0. The Bertz CT molecular complexity index is 740. The Balaban J connectivity index is 0.00000196. The van der Waals surface area contributed by atoms with E-state index in [-0.39, 0.29) is 24.4 Å². The molecule has 1 aromatic carbocycles. The number of aromatic nitrogens is 2. The van der Waals surface area contributed by atoms with Crippen molar-refractivity contribution in [1.82, 2.24) is 20.0 Å². The Labute approximate surface area is 165 Å². The SMILES string of the molecule is Cl.O=C(c1ccn(C2CCCNC2)n1)N1CCCC1c1ccc(Cl)cc1. The molecule has 26 heavy (non-hydrogen) atoms. The molecular weight excluding hydrogens is 371 g/mol. The summed E-state index contributed by atoms with van der Waals surface area (Å²) in [6.45, 7) is 2.77. The van der Waals surface area contributed by atoms with Crippen LogP contribution in [0.4, 0.5) is 0 Å². The average Bonchev–Trinajstić information content (AvgIpc) is 3.32. The zero-order chi connectivity index (χ0) is 17.2. The highest BCUT2D eigenvalue weighted by molar-refractivity contribution is 6.30. The normalized spacial score (nSPS) is 22.9. The first kappa shape index (κ1) is 19.2. The second-order valence-corrected chi connectivity index (χ2v) is 7.33. The van der Waals surface area contributed by atoms with E-state index < -0.39 is 0 Å². The molecule has 2 atom stereocenters. The van der Waals surface area contributed by atoms with Gasteiger partial charge in [-0.2, -0.15) is 5.10 Å². The summed E-state index contributed by atoms with van der Waals surface area (Å²) < 4.78 is 1.95. The number of rotatable bonds is 3. The van der Waals surface area contributed by atoms with E-state index >= 15 is 0 Å². The first-order chi connectivity index (χ1) is 12.2. The second kappa shape index (κ2) is 8.42. The van der Waals surface area contributed by atoms with Crippen molar-refractivity contribution < 1.29 is 4.79 Å². The molecule has 1 amide bonds. The Morgan fingerprint density at radius 1 is 1.15 bits per heavy atom. The van der Waals surface area contributed by atoms with Crippen molar-refractivity contribution in [1.29, 1.82) is 0 Å². The number of carbonyl (C=O) groups is 1. The summed E-state index contributed by atoms with van der Waals surface area (Å²) in [6.07, 6.45) is 6.21. The van der Waals surface area contributed by atoms with E-state index in [0.29, 0.717) is 11.7 Å². The molecule has 1 aromatic heterocycles. The van der Waals surface area contributed by atoms with Crippen molar-refractivity contribution >= 4 is 29.9 Å². The minimum atomic E-state index is 0. The maximum Gasteiger partial charge on any atom is 0.274 e. The van der Waals surface area contributed by atoms with Crippen molar-refractivity contribution in [2.24, 2.45) is 0 Å². The molecule has 2 saturated heterocycles. The molecule has 0 saturated carbocycles. The largest absolute Gasteiger partial charge is 0.330 e. The molecule has 1 N–H and O–H groups in total. The van der Waals surface area contributed by atoms with Crippen molar-refractivity contribution in [3.05, 3.63) is 52.8 Å². The number of hydrogen-bond acceptors (Lipinski definition) is 3. The highest BCUT2D eigenvalue weighted by atomic mass is 35.5. The lowest BCUT2D eigenvalue weighted by atomic mass is 10.0. The van der Waals surface area contributed by atoms with Crippen LogP contribution in [0.15, 0.2) is 36.5 Å². The molecule has 3 heterocycles. The fourth-order valence-electron chi connectivity index (χ4n) is 3.90. The number of benzene rings is 1. The summed E-state index contributed by atoms with van der Waals surface area (Å²) >= 11 is 5.99. The third-order valence-electron chi connectivity index (χ3n) is 5.24. The third-order valence-corrected chi connectivity index (χ3v) is 5.49. The lowest BCUT2D eigenvalue weighted by molar-refractivity contribution is 0.0728. The molecule has 0 radical (unpaired) electrons. The minimum Gasteiger partial charge on any atom is -0.330 e. The van der Waals surface area contributed by atoms with Crippen molar-refractivity contribution in [3.8, 4) is 0 Å². The Morgan fingerprint density at radius 2 is 1.96 bits per heavy atom. The number of hydrogen-bond donors (Lipinski definition) is 1. The lowest BCUT2D eigenvalue weighted by Crippen LogP contribution is -2.33. The van der Waals surface area contributed by atoms with E-state index in [0.717, 1.165) is 55.9 Å². The van der Waals surface area contributed by atoms with Crippen LogP contribution in [0.1, 0.15) is 53.8 Å². The number of likely N-dealkylation sites (tertiary alicyclic amines) is 1. The smallest absolute Gasteiger partial charge is 0.274 e. The topological polar surface area (TPSA) is 50.2 Å². The second-order valence-electron chi connectivity index (χ2n) is 6.89. The van der Waals surface area contributed by atoms with E-state index in [1.54, 1.807) is 0 Å². The van der Waals surface area contributed by atoms with Gasteiger partial charge in [-0.3, -0.25) is 9.48 Å². The predicted molar refractivity (Wildman–Crippen MR) is 105 cm³/mol. The molecule has 2 aliphatic heterocycles. The fraction of sp³-hybridized carbons (Fsp3) is 0.474. The molecule has 0 aliphatic carbocycles. The van der Waals surface area contributed by atoms with Gasteiger partial charge >= 0.3 is 0 Å². The summed E-state index contributed by atoms with van der Waals surface area (Å²) in [5, 5.41) is 8.70. The summed E-state index contributed by atoms with van der Waals surface area (Å²) in [4.78, 5) is 15.0. The van der Waals surface area contributed by atoms with Gasteiger partial charge in [-0.15, -0.1) is 12.4 Å². The van der Waals surface area contributed by atoms with Gasteiger partial charge in [-0.05, 0) is 56.0 Å². The number of nitrogens with zero attached hydrogens (tertiary/aromatic N) is 3. The van der Waals surface area contributed by atoms with E-state index in [2.05, 4.69) is 10.4 Å². The maximum atomic E-state index is 13.0. The lowest BCUT2D eigenvalue weighted by Gasteiger charge is -2.25. The van der Waals surface area contributed by atoms with Gasteiger partial charge in [0.1, 0.15) is 5.69 Å². The molecule has 5 nitrogen and oxygen atoms in total. The first-order valence-corrected chi connectivity index (χ1v) is 9.42. The number of carbonyl (C=O) groups excluding carboxylic acids is 1. The zero-order valence-electron chi connectivity index (χ0n) is 14.6. The molecule has 0 bridgehead atoms. The van der Waals surface area contributed by atoms with Crippen LogP contribution >= 0.6 is 24.0 Å². The minimum absolute atomic E-state index is 0. The number of nitrogens with one attached hydrogen (secondary N) is 1. The Morgan fingerprint density at radius 3 is 2.69 bits per heavy atom. The van der Waals surface area contributed by atoms with E-state index in [9.17, 15) is 4.79 Å². The molecule has 0 spiro atoms. The van der Waals surface area contributed by atoms with Gasteiger partial charge in [0.2, 0.25) is 0 Å². The van der Waals surface area contributed by atoms with Gasteiger partial charge in [-0.1, -0.05) is 23.7 Å². The molecular formula is C19H24Cl2N4O. The molecule has 140 valence electrons. The van der Waals surface area contributed by atoms with Crippen LogP contribution in [0, 0.1) is 0 Å². The van der Waals surface area contributed by atoms with E-state index in [1.165, 1.54) is 0 Å². The zero-order valence-corrected chi connectivity index (χ0v) is 16.2. The molecule has 2 unspecified atom stereocenters. The number of halogens is 2. The van der Waals surface area contributed by atoms with Crippen LogP contribution in [0.5, 0.6) is 0 Å². The number of amides is 1. The Hall–Kier alpha value is -1.56. The van der Waals surface area contributed by atoms with Crippen LogP contribution in [-0.2, 0) is 0 Å². The highest BCUT2D eigenvalue weighted by Gasteiger charge is 2.32. The molecule has 2 aliphatic rings. The fourth-order valence-corrected chi connectivity index (χ4v) is 4.03. The summed E-state index contributed by atoms with van der Waals surface area (Å²) in [5.41, 5.74) is 1.69. The van der Waals surface area contributed by atoms with Crippen LogP contribution in [0.2, 0.25) is 5.02 Å². The molecule has 2 aromatic rings.